The number of ether oxygens (including phenoxy) is 1. The van der Waals surface area contributed by atoms with E-state index in [4.69, 9.17) is 4.74 Å². The molecule has 170 valence electrons. The fraction of sp³-hybridized carbons (Fsp3) is 0.462. The number of carbonyl (C=O) groups excluding carboxylic acids is 2. The van der Waals surface area contributed by atoms with Gasteiger partial charge in [-0.25, -0.2) is 0 Å². The second-order valence-corrected chi connectivity index (χ2v) is 10.0. The van der Waals surface area contributed by atoms with Gasteiger partial charge in [-0.15, -0.1) is 11.3 Å². The van der Waals surface area contributed by atoms with Crippen LogP contribution in [0.1, 0.15) is 77.4 Å². The van der Waals surface area contributed by atoms with E-state index in [0.717, 1.165) is 56.3 Å². The zero-order valence-corrected chi connectivity index (χ0v) is 19.7. The summed E-state index contributed by atoms with van der Waals surface area (Å²) >= 11 is 1.55. The number of thiophene rings is 1. The highest BCUT2D eigenvalue weighted by Crippen LogP contribution is 2.38. The number of amides is 2. The maximum Gasteiger partial charge on any atom is 0.254 e. The van der Waals surface area contributed by atoms with E-state index in [0.29, 0.717) is 23.0 Å². The van der Waals surface area contributed by atoms with Gasteiger partial charge >= 0.3 is 0 Å². The summed E-state index contributed by atoms with van der Waals surface area (Å²) in [6.45, 7) is 5.60. The average Bonchev–Trinajstić information content (AvgIpc) is 3.44. The molecule has 0 spiro atoms. The standard InChI is InChI=1S/C26H32N2O3S/c1-17(2)19-12-9-18(10-13-19)11-14-23(29)28-26-24(21-7-3-4-8-22(21)32-26)25(30)27-16-20-6-5-15-31-20/h9-14,17,20H,3-8,15-16H2,1-2H3,(H,27,30)(H,28,29). The van der Waals surface area contributed by atoms with Gasteiger partial charge in [0, 0.05) is 24.1 Å². The molecule has 0 radical (unpaired) electrons. The quantitative estimate of drug-likeness (QED) is 0.560. The first kappa shape index (κ1) is 22.7. The summed E-state index contributed by atoms with van der Waals surface area (Å²) in [7, 11) is 0. The Morgan fingerprint density at radius 1 is 1.16 bits per heavy atom. The van der Waals surface area contributed by atoms with Gasteiger partial charge in [0.25, 0.3) is 5.91 Å². The van der Waals surface area contributed by atoms with Crippen LogP contribution in [0.4, 0.5) is 5.00 Å². The van der Waals surface area contributed by atoms with Crippen molar-refractivity contribution in [2.24, 2.45) is 0 Å². The third-order valence-corrected chi connectivity index (χ3v) is 7.39. The molecule has 1 aliphatic heterocycles. The van der Waals surface area contributed by atoms with Crippen molar-refractivity contribution in [2.75, 3.05) is 18.5 Å². The molecule has 4 rings (SSSR count). The minimum absolute atomic E-state index is 0.0940. The lowest BCUT2D eigenvalue weighted by Crippen LogP contribution is -2.32. The van der Waals surface area contributed by atoms with E-state index < -0.39 is 0 Å². The highest BCUT2D eigenvalue weighted by atomic mass is 32.1. The number of nitrogens with one attached hydrogen (secondary N) is 2. The molecule has 0 bridgehead atoms. The number of fused-ring (bicyclic) bond motifs is 1. The number of rotatable bonds is 7. The van der Waals surface area contributed by atoms with Crippen molar-refractivity contribution >= 4 is 34.2 Å². The first-order valence-electron chi connectivity index (χ1n) is 11.6. The van der Waals surface area contributed by atoms with Gasteiger partial charge in [-0.1, -0.05) is 38.1 Å². The normalized spacial score (nSPS) is 18.2. The van der Waals surface area contributed by atoms with Crippen LogP contribution in [0, 0.1) is 0 Å². The van der Waals surface area contributed by atoms with Crippen molar-refractivity contribution in [2.45, 2.75) is 64.4 Å². The lowest BCUT2D eigenvalue weighted by molar-refractivity contribution is -0.111. The van der Waals surface area contributed by atoms with Gasteiger partial charge in [-0.05, 0) is 67.2 Å². The average molecular weight is 453 g/mol. The molecule has 6 heteroatoms. The van der Waals surface area contributed by atoms with Crippen LogP contribution in [0.3, 0.4) is 0 Å². The lowest BCUT2D eigenvalue weighted by atomic mass is 9.95. The SMILES string of the molecule is CC(C)c1ccc(C=CC(=O)Nc2sc3c(c2C(=O)NCC2CCCO2)CCCC3)cc1. The first-order valence-corrected chi connectivity index (χ1v) is 12.5. The molecule has 1 atom stereocenters. The zero-order chi connectivity index (χ0) is 22.5. The Balaban J connectivity index is 1.46. The fourth-order valence-electron chi connectivity index (χ4n) is 4.31. The minimum Gasteiger partial charge on any atom is -0.376 e. The van der Waals surface area contributed by atoms with E-state index in [1.54, 1.807) is 11.3 Å². The number of carbonyl (C=O) groups is 2. The number of benzene rings is 1. The van der Waals surface area contributed by atoms with E-state index in [2.05, 4.69) is 36.6 Å². The predicted molar refractivity (Wildman–Crippen MR) is 130 cm³/mol. The van der Waals surface area contributed by atoms with Crippen LogP contribution < -0.4 is 10.6 Å². The third-order valence-electron chi connectivity index (χ3n) is 6.18. The summed E-state index contributed by atoms with van der Waals surface area (Å²) in [4.78, 5) is 27.0. The Labute approximate surface area is 194 Å². The molecule has 2 heterocycles. The molecule has 1 aliphatic carbocycles. The molecule has 2 amide bonds. The third kappa shape index (κ3) is 5.48. The smallest absolute Gasteiger partial charge is 0.254 e. The highest BCUT2D eigenvalue weighted by Gasteiger charge is 2.27. The molecule has 1 aromatic heterocycles. The summed E-state index contributed by atoms with van der Waals surface area (Å²) in [5.41, 5.74) is 4.00. The summed E-state index contributed by atoms with van der Waals surface area (Å²) in [6.07, 6.45) is 9.54. The number of hydrogen-bond donors (Lipinski definition) is 2. The molecule has 2 aliphatic rings. The van der Waals surface area contributed by atoms with Crippen molar-refractivity contribution in [3.05, 3.63) is 57.5 Å². The molecule has 2 aromatic rings. The summed E-state index contributed by atoms with van der Waals surface area (Å²) in [5, 5.41) is 6.67. The van der Waals surface area contributed by atoms with Crippen LogP contribution in [0.2, 0.25) is 0 Å². The van der Waals surface area contributed by atoms with Gasteiger partial charge in [0.15, 0.2) is 0 Å². The van der Waals surface area contributed by atoms with E-state index >= 15 is 0 Å². The Bertz CT molecular complexity index is 985. The predicted octanol–water partition coefficient (Wildman–Crippen LogP) is 5.31. The van der Waals surface area contributed by atoms with Gasteiger partial charge < -0.3 is 15.4 Å². The Kier molecular flexibility index (Phi) is 7.43. The Morgan fingerprint density at radius 3 is 2.66 bits per heavy atom. The second-order valence-electron chi connectivity index (χ2n) is 8.90. The molecule has 5 nitrogen and oxygen atoms in total. The molecule has 1 aromatic carbocycles. The fourth-order valence-corrected chi connectivity index (χ4v) is 5.60. The van der Waals surface area contributed by atoms with Gasteiger partial charge in [-0.3, -0.25) is 9.59 Å². The van der Waals surface area contributed by atoms with Crippen LogP contribution in [0.25, 0.3) is 6.08 Å². The zero-order valence-electron chi connectivity index (χ0n) is 18.9. The van der Waals surface area contributed by atoms with Crippen molar-refractivity contribution in [1.82, 2.24) is 5.32 Å². The largest absolute Gasteiger partial charge is 0.376 e. The van der Waals surface area contributed by atoms with Gasteiger partial charge in [0.1, 0.15) is 5.00 Å². The summed E-state index contributed by atoms with van der Waals surface area (Å²) in [5.74, 6) is 0.152. The van der Waals surface area contributed by atoms with E-state index in [1.165, 1.54) is 16.5 Å². The monoisotopic (exact) mass is 452 g/mol. The lowest BCUT2D eigenvalue weighted by Gasteiger charge is -2.15. The Morgan fingerprint density at radius 2 is 1.94 bits per heavy atom. The van der Waals surface area contributed by atoms with Crippen LogP contribution >= 0.6 is 11.3 Å². The maximum absolute atomic E-state index is 13.1. The van der Waals surface area contributed by atoms with E-state index in [9.17, 15) is 9.59 Å². The van der Waals surface area contributed by atoms with Crippen molar-refractivity contribution in [3.8, 4) is 0 Å². The van der Waals surface area contributed by atoms with Gasteiger partial charge in [0.05, 0.1) is 11.7 Å². The van der Waals surface area contributed by atoms with E-state index in [-0.39, 0.29) is 17.9 Å². The van der Waals surface area contributed by atoms with Gasteiger partial charge in [0.2, 0.25) is 5.91 Å². The van der Waals surface area contributed by atoms with Gasteiger partial charge in [-0.2, -0.15) is 0 Å². The van der Waals surface area contributed by atoms with Crippen LogP contribution in [-0.4, -0.2) is 31.1 Å². The second kappa shape index (κ2) is 10.5. The van der Waals surface area contributed by atoms with Crippen LogP contribution in [-0.2, 0) is 22.4 Å². The molecule has 1 unspecified atom stereocenters. The molecule has 1 saturated heterocycles. The van der Waals surface area contributed by atoms with E-state index in [1.807, 2.05) is 18.2 Å². The molecular weight excluding hydrogens is 420 g/mol. The van der Waals surface area contributed by atoms with Crippen LogP contribution in [0.15, 0.2) is 30.3 Å². The molecule has 32 heavy (non-hydrogen) atoms. The van der Waals surface area contributed by atoms with Crippen molar-refractivity contribution < 1.29 is 14.3 Å². The number of hydrogen-bond acceptors (Lipinski definition) is 4. The minimum atomic E-state index is -0.218. The molecule has 1 fully saturated rings. The highest BCUT2D eigenvalue weighted by molar-refractivity contribution is 7.17. The van der Waals surface area contributed by atoms with Crippen LogP contribution in [0.5, 0.6) is 0 Å². The maximum atomic E-state index is 13.1. The molecular formula is C26H32N2O3S. The van der Waals surface area contributed by atoms with Crippen molar-refractivity contribution in [1.29, 1.82) is 0 Å². The number of aryl methyl sites for hydroxylation is 1. The van der Waals surface area contributed by atoms with Crippen molar-refractivity contribution in [3.63, 3.8) is 0 Å². The summed E-state index contributed by atoms with van der Waals surface area (Å²) < 4.78 is 5.63. The molecule has 0 saturated carbocycles. The Hall–Kier alpha value is -2.44. The summed E-state index contributed by atoms with van der Waals surface area (Å²) in [6, 6.07) is 8.22. The first-order chi connectivity index (χ1) is 15.5. The number of anilines is 1. The molecule has 2 N–H and O–H groups in total. The topological polar surface area (TPSA) is 67.4 Å².